The predicted molar refractivity (Wildman–Crippen MR) is 73.2 cm³/mol. The second-order valence-corrected chi connectivity index (χ2v) is 5.34. The lowest BCUT2D eigenvalue weighted by Gasteiger charge is -2.21. The van der Waals surface area contributed by atoms with Crippen LogP contribution in [-0.4, -0.2) is 26.2 Å². The first-order valence-corrected chi connectivity index (χ1v) is 6.88. The van der Waals surface area contributed by atoms with E-state index in [0.717, 1.165) is 23.3 Å². The minimum Gasteiger partial charge on any atom is -0.492 e. The van der Waals surface area contributed by atoms with Crippen molar-refractivity contribution in [2.24, 2.45) is 17.6 Å². The molecule has 1 aliphatic rings. The maximum atomic E-state index is 5.85. The quantitative estimate of drug-likeness (QED) is 0.874. The van der Waals surface area contributed by atoms with Gasteiger partial charge in [0.1, 0.15) is 5.75 Å². The smallest absolute Gasteiger partial charge is 0.133 e. The highest BCUT2D eigenvalue weighted by atomic mass is 79.9. The Balaban J connectivity index is 1.89. The summed E-state index contributed by atoms with van der Waals surface area (Å²) in [6.07, 6.45) is 1.21. The second kappa shape index (κ2) is 6.38. The molecule has 3 N–H and O–H groups in total. The molecule has 0 spiro atoms. The Labute approximate surface area is 111 Å². The molecule has 0 aliphatic carbocycles. The molecule has 0 aromatic heterocycles. The molecule has 1 aromatic rings. The van der Waals surface area contributed by atoms with Crippen molar-refractivity contribution < 1.29 is 4.74 Å². The van der Waals surface area contributed by atoms with Crippen LogP contribution < -0.4 is 15.8 Å². The lowest BCUT2D eigenvalue weighted by molar-refractivity contribution is 0.205. The summed E-state index contributed by atoms with van der Waals surface area (Å²) in [4.78, 5) is 0. The Morgan fingerprint density at radius 3 is 2.94 bits per heavy atom. The van der Waals surface area contributed by atoms with Gasteiger partial charge in [0.05, 0.1) is 11.1 Å². The minimum absolute atomic E-state index is 0.442. The van der Waals surface area contributed by atoms with Gasteiger partial charge >= 0.3 is 0 Å². The van der Waals surface area contributed by atoms with Gasteiger partial charge in [-0.05, 0) is 60.0 Å². The summed E-state index contributed by atoms with van der Waals surface area (Å²) in [6, 6.07) is 7.93. The molecule has 0 saturated carbocycles. The van der Waals surface area contributed by atoms with Crippen molar-refractivity contribution in [2.75, 3.05) is 26.2 Å². The molecule has 1 fully saturated rings. The molecule has 2 atom stereocenters. The molecule has 2 rings (SSSR count). The van der Waals surface area contributed by atoms with Crippen LogP contribution in [0.25, 0.3) is 0 Å². The first-order valence-electron chi connectivity index (χ1n) is 6.09. The molecule has 1 saturated heterocycles. The van der Waals surface area contributed by atoms with E-state index in [9.17, 15) is 0 Å². The van der Waals surface area contributed by atoms with E-state index < -0.39 is 0 Å². The first kappa shape index (κ1) is 12.9. The monoisotopic (exact) mass is 298 g/mol. The third kappa shape index (κ3) is 3.44. The summed E-state index contributed by atoms with van der Waals surface area (Å²) in [5.41, 5.74) is 5.84. The van der Waals surface area contributed by atoms with Gasteiger partial charge < -0.3 is 15.8 Å². The third-order valence-electron chi connectivity index (χ3n) is 3.36. The summed E-state index contributed by atoms with van der Waals surface area (Å²) in [7, 11) is 0. The lowest BCUT2D eigenvalue weighted by Crippen LogP contribution is -2.30. The van der Waals surface area contributed by atoms with Gasteiger partial charge in [-0.2, -0.15) is 0 Å². The van der Waals surface area contributed by atoms with Crippen molar-refractivity contribution in [2.45, 2.75) is 6.42 Å². The van der Waals surface area contributed by atoms with Crippen LogP contribution in [0, 0.1) is 11.8 Å². The molecule has 4 heteroatoms. The number of ether oxygens (including phenoxy) is 1. The van der Waals surface area contributed by atoms with Crippen LogP contribution in [0.15, 0.2) is 28.7 Å². The maximum absolute atomic E-state index is 5.85. The van der Waals surface area contributed by atoms with Crippen LogP contribution in [0.2, 0.25) is 0 Å². The molecule has 3 nitrogen and oxygen atoms in total. The third-order valence-corrected chi connectivity index (χ3v) is 4.01. The standard InChI is InChI=1S/C13H19BrN2O/c14-12-3-1-2-4-13(12)17-9-11(7-15)10-5-6-16-8-10/h1-4,10-11,16H,5-9,15H2. The van der Waals surface area contributed by atoms with Gasteiger partial charge in [-0.3, -0.25) is 0 Å². The zero-order valence-corrected chi connectivity index (χ0v) is 11.4. The van der Waals surface area contributed by atoms with Crippen LogP contribution in [0.4, 0.5) is 0 Å². The zero-order chi connectivity index (χ0) is 12.1. The normalized spacial score (nSPS) is 21.4. The van der Waals surface area contributed by atoms with Gasteiger partial charge in [0.25, 0.3) is 0 Å². The summed E-state index contributed by atoms with van der Waals surface area (Å²) in [6.45, 7) is 3.57. The summed E-state index contributed by atoms with van der Waals surface area (Å²) in [5.74, 6) is 2.00. The molecular formula is C13H19BrN2O. The van der Waals surface area contributed by atoms with Gasteiger partial charge in [-0.15, -0.1) is 0 Å². The van der Waals surface area contributed by atoms with E-state index in [2.05, 4.69) is 21.2 Å². The topological polar surface area (TPSA) is 47.3 Å². The summed E-state index contributed by atoms with van der Waals surface area (Å²) < 4.78 is 6.85. The fourth-order valence-corrected chi connectivity index (χ4v) is 2.63. The highest BCUT2D eigenvalue weighted by Gasteiger charge is 2.24. The number of nitrogens with two attached hydrogens (primary N) is 1. The number of rotatable bonds is 5. The van der Waals surface area contributed by atoms with Gasteiger partial charge in [0.15, 0.2) is 0 Å². The molecule has 1 aromatic carbocycles. The fourth-order valence-electron chi connectivity index (χ4n) is 2.23. The molecule has 2 unspecified atom stereocenters. The van der Waals surface area contributed by atoms with Crippen LogP contribution in [-0.2, 0) is 0 Å². The van der Waals surface area contributed by atoms with Gasteiger partial charge in [0, 0.05) is 5.92 Å². The van der Waals surface area contributed by atoms with E-state index in [1.807, 2.05) is 24.3 Å². The number of hydrogen-bond acceptors (Lipinski definition) is 3. The largest absolute Gasteiger partial charge is 0.492 e. The Kier molecular flexibility index (Phi) is 4.83. The number of hydrogen-bond donors (Lipinski definition) is 2. The second-order valence-electron chi connectivity index (χ2n) is 4.49. The van der Waals surface area contributed by atoms with Crippen LogP contribution in [0.1, 0.15) is 6.42 Å². The van der Waals surface area contributed by atoms with Gasteiger partial charge in [0.2, 0.25) is 0 Å². The van der Waals surface area contributed by atoms with E-state index in [-0.39, 0.29) is 0 Å². The van der Waals surface area contributed by atoms with Crippen molar-refractivity contribution in [3.8, 4) is 5.75 Å². The van der Waals surface area contributed by atoms with Crippen molar-refractivity contribution in [1.29, 1.82) is 0 Å². The highest BCUT2D eigenvalue weighted by molar-refractivity contribution is 9.10. The molecule has 17 heavy (non-hydrogen) atoms. The number of para-hydroxylation sites is 1. The van der Waals surface area contributed by atoms with Gasteiger partial charge in [-0.1, -0.05) is 12.1 Å². The SMILES string of the molecule is NCC(COc1ccccc1Br)C1CCNC1. The Morgan fingerprint density at radius 2 is 2.29 bits per heavy atom. The molecule has 0 amide bonds. The number of nitrogens with one attached hydrogen (secondary N) is 1. The molecule has 0 radical (unpaired) electrons. The average Bonchev–Trinajstić information content (AvgIpc) is 2.86. The van der Waals surface area contributed by atoms with E-state index in [1.54, 1.807) is 0 Å². The summed E-state index contributed by atoms with van der Waals surface area (Å²) >= 11 is 3.48. The van der Waals surface area contributed by atoms with Crippen LogP contribution in [0.3, 0.4) is 0 Å². The van der Waals surface area contributed by atoms with Crippen LogP contribution >= 0.6 is 15.9 Å². The Hall–Kier alpha value is -0.580. The molecule has 0 bridgehead atoms. The fraction of sp³-hybridized carbons (Fsp3) is 0.538. The Bertz CT molecular complexity index is 353. The first-order chi connectivity index (χ1) is 8.31. The summed E-state index contributed by atoms with van der Waals surface area (Å²) in [5, 5.41) is 3.38. The maximum Gasteiger partial charge on any atom is 0.133 e. The molecule has 1 aliphatic heterocycles. The van der Waals surface area contributed by atoms with E-state index in [4.69, 9.17) is 10.5 Å². The molecular weight excluding hydrogens is 280 g/mol. The van der Waals surface area contributed by atoms with E-state index in [0.29, 0.717) is 25.0 Å². The van der Waals surface area contributed by atoms with Crippen molar-refractivity contribution in [1.82, 2.24) is 5.32 Å². The van der Waals surface area contributed by atoms with E-state index in [1.165, 1.54) is 6.42 Å². The van der Waals surface area contributed by atoms with E-state index >= 15 is 0 Å². The van der Waals surface area contributed by atoms with Crippen molar-refractivity contribution in [3.63, 3.8) is 0 Å². The number of benzene rings is 1. The van der Waals surface area contributed by atoms with Crippen LogP contribution in [0.5, 0.6) is 5.75 Å². The lowest BCUT2D eigenvalue weighted by atomic mass is 9.92. The minimum atomic E-state index is 0.442. The molecule has 1 heterocycles. The Morgan fingerprint density at radius 1 is 1.47 bits per heavy atom. The highest BCUT2D eigenvalue weighted by Crippen LogP contribution is 2.26. The zero-order valence-electron chi connectivity index (χ0n) is 9.86. The molecule has 94 valence electrons. The number of halogens is 1. The van der Waals surface area contributed by atoms with Gasteiger partial charge in [-0.25, -0.2) is 0 Å². The predicted octanol–water partition coefficient (Wildman–Crippen LogP) is 2.01. The van der Waals surface area contributed by atoms with Crippen molar-refractivity contribution >= 4 is 15.9 Å². The average molecular weight is 299 g/mol. The van der Waals surface area contributed by atoms with Crippen molar-refractivity contribution in [3.05, 3.63) is 28.7 Å².